The number of phenols is 1. The van der Waals surface area contributed by atoms with E-state index in [1.54, 1.807) is 39.3 Å². The highest BCUT2D eigenvalue weighted by atomic mass is 16.4. The Morgan fingerprint density at radius 2 is 1.78 bits per heavy atom. The molecule has 0 saturated heterocycles. The molecule has 0 aliphatic carbocycles. The van der Waals surface area contributed by atoms with Gasteiger partial charge < -0.3 is 19.4 Å². The third-order valence-corrected chi connectivity index (χ3v) is 3.16. The summed E-state index contributed by atoms with van der Waals surface area (Å²) in [5, 5.41) is 19.0. The number of hydrogen-bond acceptors (Lipinski definition) is 5. The van der Waals surface area contributed by atoms with E-state index in [0.29, 0.717) is 5.56 Å². The van der Waals surface area contributed by atoms with E-state index in [4.69, 9.17) is 4.42 Å². The first-order chi connectivity index (χ1) is 10.9. The van der Waals surface area contributed by atoms with Crippen molar-refractivity contribution >= 4 is 27.9 Å². The van der Waals surface area contributed by atoms with Gasteiger partial charge in [-0.15, -0.1) is 0 Å². The number of aromatic hydroxyl groups is 1. The van der Waals surface area contributed by atoms with E-state index in [1.165, 1.54) is 12.1 Å². The number of rotatable bonds is 1. The number of aromatic carboxylic acids is 1. The third-order valence-electron chi connectivity index (χ3n) is 3.16. The maximum absolute atomic E-state index is 12.5. The zero-order chi connectivity index (χ0) is 17.1. The number of carbonyl (C=O) groups is 1. The summed E-state index contributed by atoms with van der Waals surface area (Å²) in [6.45, 7) is 1.72. The Bertz CT molecular complexity index is 939. The molecular formula is C17H16O6. The van der Waals surface area contributed by atoms with Crippen LogP contribution in [0.3, 0.4) is 0 Å². The number of phenolic OH excluding ortho intramolecular Hbond substituents is 1. The van der Waals surface area contributed by atoms with E-state index in [9.17, 15) is 19.8 Å². The Morgan fingerprint density at radius 3 is 2.39 bits per heavy atom. The van der Waals surface area contributed by atoms with Gasteiger partial charge in [-0.05, 0) is 36.8 Å². The second kappa shape index (κ2) is 6.50. The van der Waals surface area contributed by atoms with E-state index >= 15 is 0 Å². The van der Waals surface area contributed by atoms with Crippen molar-refractivity contribution in [3.8, 4) is 5.75 Å². The summed E-state index contributed by atoms with van der Waals surface area (Å²) in [5.41, 5.74) is 0.433. The van der Waals surface area contributed by atoms with Crippen molar-refractivity contribution in [1.29, 1.82) is 0 Å². The largest absolute Gasteiger partial charge is 0.507 e. The van der Waals surface area contributed by atoms with Gasteiger partial charge in [-0.2, -0.15) is 0 Å². The number of aryl methyl sites for hydroxylation is 1. The first-order valence-electron chi connectivity index (χ1n) is 6.73. The minimum atomic E-state index is -1.21. The molecule has 6 nitrogen and oxygen atoms in total. The molecule has 0 bridgehead atoms. The Morgan fingerprint density at radius 1 is 1.13 bits per heavy atom. The fraction of sp³-hybridized carbons (Fsp3) is 0.176. The van der Waals surface area contributed by atoms with Crippen molar-refractivity contribution in [3.05, 3.63) is 51.7 Å². The minimum absolute atomic E-state index is 0.00801. The molecule has 0 fully saturated rings. The first-order valence-corrected chi connectivity index (χ1v) is 6.73. The van der Waals surface area contributed by atoms with Crippen molar-refractivity contribution in [2.45, 2.75) is 6.92 Å². The van der Waals surface area contributed by atoms with Gasteiger partial charge in [0.25, 0.3) is 0 Å². The van der Waals surface area contributed by atoms with Crippen LogP contribution in [0.1, 0.15) is 15.9 Å². The van der Waals surface area contributed by atoms with E-state index in [2.05, 4.69) is 4.74 Å². The number of methoxy groups -OCH3 is 1. The molecule has 0 saturated carbocycles. The first kappa shape index (κ1) is 16.5. The highest BCUT2D eigenvalue weighted by Crippen LogP contribution is 2.27. The topological polar surface area (TPSA) is 97.0 Å². The van der Waals surface area contributed by atoms with Crippen LogP contribution in [0.15, 0.2) is 39.5 Å². The fourth-order valence-corrected chi connectivity index (χ4v) is 2.31. The van der Waals surface area contributed by atoms with Crippen LogP contribution in [0.25, 0.3) is 21.9 Å². The van der Waals surface area contributed by atoms with Crippen LogP contribution in [-0.4, -0.2) is 30.4 Å². The summed E-state index contributed by atoms with van der Waals surface area (Å²) in [5.74, 6) is -1.43. The van der Waals surface area contributed by atoms with Crippen molar-refractivity contribution in [1.82, 2.24) is 0 Å². The lowest BCUT2D eigenvalue weighted by atomic mass is 10.0. The van der Waals surface area contributed by atoms with Crippen LogP contribution in [0.5, 0.6) is 5.75 Å². The standard InChI is InChI=1S/C15H10O5.C2H6O/c1-7-5-8(15(18)19)12-11(6-7)20-10-4-2-3-9(16)13(10)14(12)17;1-3-2/h2-6,16H,1H3,(H,18,19);1-2H3. The maximum Gasteiger partial charge on any atom is 0.336 e. The van der Waals surface area contributed by atoms with Gasteiger partial charge in [-0.25, -0.2) is 4.79 Å². The van der Waals surface area contributed by atoms with Crippen LogP contribution in [0.4, 0.5) is 0 Å². The molecule has 0 amide bonds. The minimum Gasteiger partial charge on any atom is -0.507 e. The molecule has 3 rings (SSSR count). The van der Waals surface area contributed by atoms with Gasteiger partial charge in [0.15, 0.2) is 0 Å². The molecule has 23 heavy (non-hydrogen) atoms. The smallest absolute Gasteiger partial charge is 0.336 e. The fourth-order valence-electron chi connectivity index (χ4n) is 2.31. The van der Waals surface area contributed by atoms with Crippen LogP contribution < -0.4 is 5.43 Å². The molecule has 1 heterocycles. The third kappa shape index (κ3) is 3.02. The van der Waals surface area contributed by atoms with Gasteiger partial charge in [0.1, 0.15) is 22.3 Å². The predicted octanol–water partition coefficient (Wildman–Crippen LogP) is 2.92. The summed E-state index contributed by atoms with van der Waals surface area (Å²) in [6.07, 6.45) is 0. The lowest BCUT2D eigenvalue weighted by molar-refractivity contribution is 0.0698. The molecule has 0 atom stereocenters. The molecule has 3 aromatic rings. The van der Waals surface area contributed by atoms with Crippen molar-refractivity contribution < 1.29 is 24.2 Å². The summed E-state index contributed by atoms with van der Waals surface area (Å²) < 4.78 is 9.81. The Kier molecular flexibility index (Phi) is 4.66. The molecule has 0 radical (unpaired) electrons. The van der Waals surface area contributed by atoms with Crippen LogP contribution in [-0.2, 0) is 4.74 Å². The number of fused-ring (bicyclic) bond motifs is 2. The summed E-state index contributed by atoms with van der Waals surface area (Å²) in [7, 11) is 3.25. The molecule has 1 aromatic heterocycles. The van der Waals surface area contributed by atoms with Gasteiger partial charge in [0.2, 0.25) is 5.43 Å². The summed E-state index contributed by atoms with van der Waals surface area (Å²) >= 11 is 0. The molecule has 120 valence electrons. The van der Waals surface area contributed by atoms with Gasteiger partial charge in [0.05, 0.1) is 10.9 Å². The Balaban J connectivity index is 0.000000595. The number of carboxylic acids is 1. The summed E-state index contributed by atoms with van der Waals surface area (Å²) in [4.78, 5) is 23.8. The molecule has 2 aromatic carbocycles. The number of benzene rings is 2. The van der Waals surface area contributed by atoms with Crippen LogP contribution >= 0.6 is 0 Å². The van der Waals surface area contributed by atoms with Crippen molar-refractivity contribution in [3.63, 3.8) is 0 Å². The second-order valence-corrected chi connectivity index (χ2v) is 4.98. The lowest BCUT2D eigenvalue weighted by Crippen LogP contribution is -2.09. The Hall–Kier alpha value is -2.86. The van der Waals surface area contributed by atoms with Crippen LogP contribution in [0, 0.1) is 6.92 Å². The van der Waals surface area contributed by atoms with Gasteiger partial charge in [-0.3, -0.25) is 4.79 Å². The molecule has 6 heteroatoms. The lowest BCUT2D eigenvalue weighted by Gasteiger charge is -2.06. The zero-order valence-electron chi connectivity index (χ0n) is 12.9. The average molecular weight is 316 g/mol. The van der Waals surface area contributed by atoms with Gasteiger partial charge in [-0.1, -0.05) is 6.07 Å². The van der Waals surface area contributed by atoms with E-state index in [-0.39, 0.29) is 33.3 Å². The normalized spacial score (nSPS) is 10.4. The number of carboxylic acid groups (broad SMARTS) is 1. The SMILES string of the molecule is COC.Cc1cc(C(=O)O)c2c(=O)c3c(O)cccc3oc2c1. The number of hydrogen-bond donors (Lipinski definition) is 2. The molecule has 2 N–H and O–H groups in total. The molecule has 0 unspecified atom stereocenters. The van der Waals surface area contributed by atoms with E-state index in [0.717, 1.165) is 0 Å². The van der Waals surface area contributed by atoms with E-state index < -0.39 is 11.4 Å². The van der Waals surface area contributed by atoms with Crippen molar-refractivity contribution in [2.24, 2.45) is 0 Å². The molecular weight excluding hydrogens is 300 g/mol. The maximum atomic E-state index is 12.5. The second-order valence-electron chi connectivity index (χ2n) is 4.98. The number of ether oxygens (including phenoxy) is 1. The molecule has 0 spiro atoms. The Labute approximate surface area is 131 Å². The highest BCUT2D eigenvalue weighted by molar-refractivity contribution is 6.05. The molecule has 0 aliphatic heterocycles. The van der Waals surface area contributed by atoms with Gasteiger partial charge >= 0.3 is 5.97 Å². The average Bonchev–Trinajstić information content (AvgIpc) is 2.46. The quantitative estimate of drug-likeness (QED) is 0.670. The monoisotopic (exact) mass is 316 g/mol. The zero-order valence-corrected chi connectivity index (χ0v) is 12.9. The highest BCUT2D eigenvalue weighted by Gasteiger charge is 2.18. The summed E-state index contributed by atoms with van der Waals surface area (Å²) in [6, 6.07) is 7.48. The molecule has 0 aliphatic rings. The van der Waals surface area contributed by atoms with Gasteiger partial charge in [0, 0.05) is 14.2 Å². The predicted molar refractivity (Wildman–Crippen MR) is 86.3 cm³/mol. The van der Waals surface area contributed by atoms with E-state index in [1.807, 2.05) is 0 Å². The van der Waals surface area contributed by atoms with Crippen LogP contribution in [0.2, 0.25) is 0 Å². The van der Waals surface area contributed by atoms with Crippen molar-refractivity contribution in [2.75, 3.05) is 14.2 Å².